The molecule has 1 N–H and O–H groups in total. The van der Waals surface area contributed by atoms with Crippen LogP contribution in [0.15, 0.2) is 60.0 Å². The summed E-state index contributed by atoms with van der Waals surface area (Å²) in [7, 11) is 0. The van der Waals surface area contributed by atoms with Gasteiger partial charge in [-0.3, -0.25) is 9.55 Å². The number of imidazole rings is 1. The van der Waals surface area contributed by atoms with Gasteiger partial charge in [-0.15, -0.1) is 5.10 Å². The molecule has 0 bridgehead atoms. The second-order valence-corrected chi connectivity index (χ2v) is 8.57. The van der Waals surface area contributed by atoms with Crippen molar-refractivity contribution in [1.82, 2.24) is 49.5 Å². The maximum absolute atomic E-state index is 13.7. The number of hydrogen-bond donors (Lipinski definition) is 1. The van der Waals surface area contributed by atoms with Crippen molar-refractivity contribution in [3.05, 3.63) is 77.0 Å². The summed E-state index contributed by atoms with van der Waals surface area (Å²) < 4.78 is 5.20. The highest BCUT2D eigenvalue weighted by Crippen LogP contribution is 2.32. The molecular weight excluding hydrogens is 456 g/mol. The van der Waals surface area contributed by atoms with E-state index in [0.717, 1.165) is 53.6 Å². The average Bonchev–Trinajstić information content (AvgIpc) is 3.66. The summed E-state index contributed by atoms with van der Waals surface area (Å²) in [6.07, 6.45) is 10.7. The van der Waals surface area contributed by atoms with Gasteiger partial charge in [0.05, 0.1) is 6.54 Å². The summed E-state index contributed by atoms with van der Waals surface area (Å²) in [4.78, 5) is 22.5. The molecule has 5 rings (SSSR count). The fourth-order valence-electron chi connectivity index (χ4n) is 4.39. The minimum absolute atomic E-state index is 0.144. The number of H-pyrrole nitrogens is 1. The molecule has 0 aliphatic rings. The minimum Gasteiger partial charge on any atom is -0.291 e. The molecule has 0 aliphatic carbocycles. The Morgan fingerprint density at radius 3 is 2.67 bits per heavy atom. The molecule has 0 radical (unpaired) electrons. The maximum atomic E-state index is 13.7. The van der Waals surface area contributed by atoms with E-state index in [0.29, 0.717) is 24.9 Å². The van der Waals surface area contributed by atoms with Gasteiger partial charge in [0.1, 0.15) is 6.33 Å². The lowest BCUT2D eigenvalue weighted by Gasteiger charge is -2.14. The third-order valence-electron chi connectivity index (χ3n) is 6.14. The molecule has 4 aromatic heterocycles. The van der Waals surface area contributed by atoms with Gasteiger partial charge < -0.3 is 0 Å². The molecule has 11 nitrogen and oxygen atoms in total. The van der Waals surface area contributed by atoms with Gasteiger partial charge in [-0.2, -0.15) is 10.1 Å². The van der Waals surface area contributed by atoms with Crippen molar-refractivity contribution in [2.45, 2.75) is 52.6 Å². The van der Waals surface area contributed by atoms with Gasteiger partial charge in [-0.25, -0.2) is 19.1 Å². The Morgan fingerprint density at radius 2 is 1.89 bits per heavy atom. The molecule has 0 amide bonds. The van der Waals surface area contributed by atoms with Crippen LogP contribution in [0.3, 0.4) is 0 Å². The van der Waals surface area contributed by atoms with Crippen LogP contribution in [0.25, 0.3) is 28.5 Å². The predicted octanol–water partition coefficient (Wildman–Crippen LogP) is 3.27. The van der Waals surface area contributed by atoms with E-state index in [-0.39, 0.29) is 5.69 Å². The first-order chi connectivity index (χ1) is 17.7. The number of aromatic nitrogens is 10. The Hall–Kier alpha value is -4.41. The number of aromatic amines is 1. The van der Waals surface area contributed by atoms with Gasteiger partial charge in [0, 0.05) is 36.4 Å². The van der Waals surface area contributed by atoms with E-state index < -0.39 is 0 Å². The first-order valence-corrected chi connectivity index (χ1v) is 12.2. The smallest absolute Gasteiger partial charge is 0.291 e. The summed E-state index contributed by atoms with van der Waals surface area (Å²) in [6, 6.07) is 9.88. The van der Waals surface area contributed by atoms with Crippen LogP contribution >= 0.6 is 0 Å². The Kier molecular flexibility index (Phi) is 6.78. The number of nitrogens with one attached hydrogen (secondary N) is 1. The van der Waals surface area contributed by atoms with Crippen LogP contribution in [0, 0.1) is 0 Å². The van der Waals surface area contributed by atoms with Crippen LogP contribution < -0.4 is 5.69 Å². The topological polar surface area (TPSA) is 125 Å². The molecule has 0 fully saturated rings. The molecule has 0 saturated heterocycles. The second kappa shape index (κ2) is 10.5. The molecule has 11 heteroatoms. The van der Waals surface area contributed by atoms with Crippen molar-refractivity contribution in [3.63, 3.8) is 0 Å². The highest BCUT2D eigenvalue weighted by molar-refractivity contribution is 5.81. The lowest BCUT2D eigenvalue weighted by molar-refractivity contribution is 0.578. The number of unbranched alkanes of at least 4 members (excludes halogenated alkanes) is 1. The van der Waals surface area contributed by atoms with Crippen LogP contribution in [-0.4, -0.2) is 49.5 Å². The summed E-state index contributed by atoms with van der Waals surface area (Å²) in [5, 5.41) is 18.7. The van der Waals surface area contributed by atoms with Crippen LogP contribution in [-0.2, 0) is 19.5 Å². The highest BCUT2D eigenvalue weighted by atomic mass is 16.2. The molecule has 1 aromatic carbocycles. The molecular formula is C25H28N10O. The Labute approximate surface area is 207 Å². The average molecular weight is 485 g/mol. The number of pyridine rings is 1. The molecule has 184 valence electrons. The summed E-state index contributed by atoms with van der Waals surface area (Å²) in [6.45, 7) is 5.28. The van der Waals surface area contributed by atoms with E-state index in [9.17, 15) is 4.79 Å². The van der Waals surface area contributed by atoms with Crippen LogP contribution in [0.1, 0.15) is 44.4 Å². The first-order valence-electron chi connectivity index (χ1n) is 12.2. The fraction of sp³-hybridized carbons (Fsp3) is 0.320. The van der Waals surface area contributed by atoms with E-state index in [4.69, 9.17) is 0 Å². The first kappa shape index (κ1) is 23.3. The number of nitrogens with zero attached hydrogens (tertiary/aromatic N) is 9. The second-order valence-electron chi connectivity index (χ2n) is 8.57. The molecule has 36 heavy (non-hydrogen) atoms. The summed E-state index contributed by atoms with van der Waals surface area (Å²) >= 11 is 0. The predicted molar refractivity (Wildman–Crippen MR) is 134 cm³/mol. The van der Waals surface area contributed by atoms with Crippen LogP contribution in [0.4, 0.5) is 0 Å². The highest BCUT2D eigenvalue weighted by Gasteiger charge is 2.19. The third kappa shape index (κ3) is 4.47. The van der Waals surface area contributed by atoms with Gasteiger partial charge in [-0.05, 0) is 52.4 Å². The Morgan fingerprint density at radius 1 is 1.03 bits per heavy atom. The summed E-state index contributed by atoms with van der Waals surface area (Å²) in [5.74, 6) is 1.11. The van der Waals surface area contributed by atoms with Gasteiger partial charge in [0.15, 0.2) is 5.82 Å². The zero-order valence-electron chi connectivity index (χ0n) is 20.4. The standard InChI is InChI=1S/C25H28N10O/c1-3-5-8-19-16-34(24-27-17-28-35(24)13-4-2)25(36)33(19)15-18-14-26-12-11-20(18)21-9-6-7-10-22(21)23-29-31-32-30-23/h6-7,9-12,14,16-17H,3-5,8,13,15H2,1-2H3,(H,29,30,31,32). The lowest BCUT2D eigenvalue weighted by atomic mass is 9.96. The van der Waals surface area contributed by atoms with E-state index >= 15 is 0 Å². The largest absolute Gasteiger partial charge is 0.335 e. The van der Waals surface area contributed by atoms with Crippen molar-refractivity contribution in [2.24, 2.45) is 0 Å². The zero-order chi connectivity index (χ0) is 24.9. The van der Waals surface area contributed by atoms with E-state index in [2.05, 4.69) is 49.5 Å². The van der Waals surface area contributed by atoms with Crippen molar-refractivity contribution in [2.75, 3.05) is 0 Å². The maximum Gasteiger partial charge on any atom is 0.335 e. The number of aryl methyl sites for hydroxylation is 2. The van der Waals surface area contributed by atoms with Crippen molar-refractivity contribution < 1.29 is 0 Å². The number of rotatable bonds is 10. The molecule has 0 aliphatic heterocycles. The van der Waals surface area contributed by atoms with E-state index in [1.807, 2.05) is 47.3 Å². The zero-order valence-corrected chi connectivity index (χ0v) is 20.4. The minimum atomic E-state index is -0.144. The molecule has 4 heterocycles. The number of tetrazole rings is 1. The number of benzene rings is 1. The lowest BCUT2D eigenvalue weighted by Crippen LogP contribution is -2.27. The van der Waals surface area contributed by atoms with Gasteiger partial charge in [0.25, 0.3) is 0 Å². The molecule has 0 unspecified atom stereocenters. The SMILES string of the molecule is CCCCc1cn(-c2ncnn2CCC)c(=O)n1Cc1cnccc1-c1ccccc1-c1nnn[nH]1. The fourth-order valence-corrected chi connectivity index (χ4v) is 4.39. The number of hydrogen-bond acceptors (Lipinski definition) is 7. The van der Waals surface area contributed by atoms with E-state index in [1.54, 1.807) is 15.4 Å². The van der Waals surface area contributed by atoms with Gasteiger partial charge in [-0.1, -0.05) is 44.5 Å². The van der Waals surface area contributed by atoms with Gasteiger partial charge >= 0.3 is 5.69 Å². The Balaban J connectivity index is 1.60. The molecule has 0 spiro atoms. The summed E-state index contributed by atoms with van der Waals surface area (Å²) in [5.41, 5.74) is 4.53. The van der Waals surface area contributed by atoms with E-state index in [1.165, 1.54) is 6.33 Å². The molecule has 0 atom stereocenters. The molecule has 5 aromatic rings. The van der Waals surface area contributed by atoms with Crippen molar-refractivity contribution in [3.8, 4) is 28.5 Å². The van der Waals surface area contributed by atoms with Gasteiger partial charge in [0.2, 0.25) is 5.95 Å². The van der Waals surface area contributed by atoms with Crippen molar-refractivity contribution >= 4 is 0 Å². The quantitative estimate of drug-likeness (QED) is 0.322. The monoisotopic (exact) mass is 484 g/mol. The van der Waals surface area contributed by atoms with Crippen LogP contribution in [0.5, 0.6) is 0 Å². The van der Waals surface area contributed by atoms with Crippen LogP contribution in [0.2, 0.25) is 0 Å². The Bertz CT molecular complexity index is 1500. The normalized spacial score (nSPS) is 11.3. The third-order valence-corrected chi connectivity index (χ3v) is 6.14. The van der Waals surface area contributed by atoms with Crippen molar-refractivity contribution in [1.29, 1.82) is 0 Å². The molecule has 0 saturated carbocycles.